The lowest BCUT2D eigenvalue weighted by atomic mass is 10.2. The first-order valence-corrected chi connectivity index (χ1v) is 8.20. The van der Waals surface area contributed by atoms with E-state index in [4.69, 9.17) is 5.73 Å². The van der Waals surface area contributed by atoms with Crippen molar-refractivity contribution in [2.24, 2.45) is 5.73 Å². The minimum atomic E-state index is -0.710. The van der Waals surface area contributed by atoms with E-state index < -0.39 is 12.1 Å². The zero-order valence-corrected chi connectivity index (χ0v) is 13.0. The minimum absolute atomic E-state index is 0.301. The molecule has 0 saturated carbocycles. The quantitative estimate of drug-likeness (QED) is 0.758. The molecule has 0 aliphatic rings. The Balaban J connectivity index is 2.10. The predicted molar refractivity (Wildman–Crippen MR) is 89.9 cm³/mol. The highest BCUT2D eigenvalue weighted by Crippen LogP contribution is 2.16. The van der Waals surface area contributed by atoms with Gasteiger partial charge in [-0.15, -0.1) is 0 Å². The smallest absolute Gasteiger partial charge is 0.312 e. The number of nitrogens with two attached hydrogens (primary N) is 1. The van der Waals surface area contributed by atoms with E-state index in [1.54, 1.807) is 18.0 Å². The number of rotatable bonds is 6. The lowest BCUT2D eigenvalue weighted by Crippen LogP contribution is -2.46. The lowest BCUT2D eigenvalue weighted by Gasteiger charge is -2.16. The van der Waals surface area contributed by atoms with Crippen molar-refractivity contribution < 1.29 is 9.59 Å². The number of pyridine rings is 1. The number of benzene rings is 1. The highest BCUT2D eigenvalue weighted by Gasteiger charge is 2.19. The number of amides is 3. The number of para-hydroxylation sites is 1. The zero-order valence-electron chi connectivity index (χ0n) is 12.2. The summed E-state index contributed by atoms with van der Waals surface area (Å²) in [4.78, 5) is 27.6. The third kappa shape index (κ3) is 4.36. The summed E-state index contributed by atoms with van der Waals surface area (Å²) in [7, 11) is 0. The fraction of sp³-hybridized carbons (Fsp3) is 0.267. The Morgan fingerprint density at radius 3 is 2.86 bits per heavy atom. The van der Waals surface area contributed by atoms with Gasteiger partial charge in [0, 0.05) is 5.39 Å². The molecule has 1 aromatic carbocycles. The van der Waals surface area contributed by atoms with Gasteiger partial charge in [-0.05, 0) is 30.6 Å². The van der Waals surface area contributed by atoms with Crippen LogP contribution in [0.2, 0.25) is 0 Å². The van der Waals surface area contributed by atoms with Crippen LogP contribution in [0.4, 0.5) is 10.5 Å². The number of urea groups is 1. The van der Waals surface area contributed by atoms with Crippen LogP contribution >= 0.6 is 11.8 Å². The molecular formula is C15H18N4O2S. The average Bonchev–Trinajstić information content (AvgIpc) is 2.51. The van der Waals surface area contributed by atoms with Crippen LogP contribution in [-0.2, 0) is 4.79 Å². The molecular weight excluding hydrogens is 300 g/mol. The standard InChI is InChI=1S/C15H18N4O2S/c1-22-7-6-13(19-15(16)21)14(20)18-11-8-10-4-2-3-5-12(10)17-9-11/h2-5,8-9,13H,6-7H2,1H3,(H,18,20)(H3,16,19,21)/t13-/m1/s1. The summed E-state index contributed by atoms with van der Waals surface area (Å²) in [6.07, 6.45) is 4.04. The van der Waals surface area contributed by atoms with Crippen molar-refractivity contribution in [2.45, 2.75) is 12.5 Å². The number of nitrogens with one attached hydrogen (secondary N) is 2. The van der Waals surface area contributed by atoms with Gasteiger partial charge in [-0.25, -0.2) is 4.79 Å². The minimum Gasteiger partial charge on any atom is -0.352 e. The van der Waals surface area contributed by atoms with Crippen LogP contribution in [0.3, 0.4) is 0 Å². The molecule has 3 amide bonds. The Labute approximate surface area is 132 Å². The van der Waals surface area contributed by atoms with E-state index in [2.05, 4.69) is 15.6 Å². The summed E-state index contributed by atoms with van der Waals surface area (Å²) in [6.45, 7) is 0. The number of aromatic nitrogens is 1. The second kappa shape index (κ2) is 7.65. The van der Waals surface area contributed by atoms with Gasteiger partial charge < -0.3 is 16.4 Å². The van der Waals surface area contributed by atoms with E-state index in [0.29, 0.717) is 12.1 Å². The molecule has 4 N–H and O–H groups in total. The second-order valence-electron chi connectivity index (χ2n) is 4.75. The van der Waals surface area contributed by atoms with E-state index in [0.717, 1.165) is 16.7 Å². The van der Waals surface area contributed by atoms with Crippen LogP contribution < -0.4 is 16.4 Å². The van der Waals surface area contributed by atoms with Gasteiger partial charge in [0.05, 0.1) is 17.4 Å². The Morgan fingerprint density at radius 2 is 2.14 bits per heavy atom. The molecule has 0 saturated heterocycles. The first-order valence-electron chi connectivity index (χ1n) is 6.80. The summed E-state index contributed by atoms with van der Waals surface area (Å²) < 4.78 is 0. The third-order valence-corrected chi connectivity index (χ3v) is 3.75. The van der Waals surface area contributed by atoms with Crippen molar-refractivity contribution in [3.8, 4) is 0 Å². The first-order chi connectivity index (χ1) is 10.6. The van der Waals surface area contributed by atoms with Gasteiger partial charge in [0.15, 0.2) is 0 Å². The number of hydrogen-bond acceptors (Lipinski definition) is 4. The Bertz CT molecular complexity index is 677. The molecule has 1 heterocycles. The molecule has 0 radical (unpaired) electrons. The van der Waals surface area contributed by atoms with Crippen LogP contribution in [0, 0.1) is 0 Å². The summed E-state index contributed by atoms with van der Waals surface area (Å²) in [5.74, 6) is 0.443. The highest BCUT2D eigenvalue weighted by atomic mass is 32.2. The van der Waals surface area contributed by atoms with Crippen LogP contribution in [0.15, 0.2) is 36.5 Å². The molecule has 0 aliphatic heterocycles. The molecule has 6 nitrogen and oxygen atoms in total. The Hall–Kier alpha value is -2.28. The molecule has 0 aliphatic carbocycles. The van der Waals surface area contributed by atoms with E-state index in [-0.39, 0.29) is 5.91 Å². The molecule has 22 heavy (non-hydrogen) atoms. The highest BCUT2D eigenvalue weighted by molar-refractivity contribution is 7.98. The fourth-order valence-electron chi connectivity index (χ4n) is 2.05. The summed E-state index contributed by atoms with van der Waals surface area (Å²) in [5.41, 5.74) is 6.56. The number of carbonyl (C=O) groups excluding carboxylic acids is 2. The number of fused-ring (bicyclic) bond motifs is 1. The number of carbonyl (C=O) groups is 2. The zero-order chi connectivity index (χ0) is 15.9. The topological polar surface area (TPSA) is 97.1 Å². The molecule has 0 fully saturated rings. The molecule has 116 valence electrons. The molecule has 0 unspecified atom stereocenters. The van der Waals surface area contributed by atoms with Crippen LogP contribution in [0.5, 0.6) is 0 Å². The summed E-state index contributed by atoms with van der Waals surface area (Å²) in [6, 6.07) is 8.11. The van der Waals surface area contributed by atoms with Gasteiger partial charge in [-0.3, -0.25) is 9.78 Å². The van der Waals surface area contributed by atoms with Crippen LogP contribution in [0.25, 0.3) is 10.9 Å². The number of primary amides is 1. The van der Waals surface area contributed by atoms with Gasteiger partial charge >= 0.3 is 6.03 Å². The van der Waals surface area contributed by atoms with Gasteiger partial charge in [0.25, 0.3) is 0 Å². The monoisotopic (exact) mass is 318 g/mol. The summed E-state index contributed by atoms with van der Waals surface area (Å²) in [5, 5.41) is 6.17. The third-order valence-electron chi connectivity index (χ3n) is 3.10. The van der Waals surface area contributed by atoms with Crippen molar-refractivity contribution in [2.75, 3.05) is 17.3 Å². The molecule has 2 rings (SSSR count). The van der Waals surface area contributed by atoms with Crippen LogP contribution in [0.1, 0.15) is 6.42 Å². The number of hydrogen-bond donors (Lipinski definition) is 3. The largest absolute Gasteiger partial charge is 0.352 e. The van der Waals surface area contributed by atoms with Crippen LogP contribution in [-0.4, -0.2) is 35.0 Å². The number of nitrogens with zero attached hydrogens (tertiary/aromatic N) is 1. The van der Waals surface area contributed by atoms with E-state index in [1.165, 1.54) is 0 Å². The molecule has 1 aromatic heterocycles. The van der Waals surface area contributed by atoms with E-state index >= 15 is 0 Å². The van der Waals surface area contributed by atoms with E-state index in [9.17, 15) is 9.59 Å². The number of anilines is 1. The van der Waals surface area contributed by atoms with Crippen molar-refractivity contribution in [1.82, 2.24) is 10.3 Å². The van der Waals surface area contributed by atoms with Gasteiger partial charge in [0.2, 0.25) is 5.91 Å². The molecule has 2 aromatic rings. The maximum atomic E-state index is 12.3. The van der Waals surface area contributed by atoms with Crippen molar-refractivity contribution in [1.29, 1.82) is 0 Å². The number of thioether (sulfide) groups is 1. The van der Waals surface area contributed by atoms with Crippen molar-refractivity contribution in [3.63, 3.8) is 0 Å². The maximum Gasteiger partial charge on any atom is 0.312 e. The van der Waals surface area contributed by atoms with Crippen molar-refractivity contribution >= 4 is 40.3 Å². The van der Waals surface area contributed by atoms with Gasteiger partial charge in [0.1, 0.15) is 6.04 Å². The maximum absolute atomic E-state index is 12.3. The summed E-state index contributed by atoms with van der Waals surface area (Å²) >= 11 is 1.60. The first kappa shape index (κ1) is 16.1. The Morgan fingerprint density at radius 1 is 1.36 bits per heavy atom. The van der Waals surface area contributed by atoms with Gasteiger partial charge in [-0.2, -0.15) is 11.8 Å². The van der Waals surface area contributed by atoms with E-state index in [1.807, 2.05) is 36.6 Å². The SMILES string of the molecule is CSCC[C@@H](NC(N)=O)C(=O)Nc1cnc2ccccc2c1. The fourth-order valence-corrected chi connectivity index (χ4v) is 2.52. The lowest BCUT2D eigenvalue weighted by molar-refractivity contribution is -0.117. The van der Waals surface area contributed by atoms with Gasteiger partial charge in [-0.1, -0.05) is 18.2 Å². The molecule has 0 bridgehead atoms. The molecule has 7 heteroatoms. The normalized spacial score (nSPS) is 11.9. The van der Waals surface area contributed by atoms with Crippen molar-refractivity contribution in [3.05, 3.63) is 36.5 Å². The molecule has 1 atom stereocenters. The molecule has 0 spiro atoms. The Kier molecular flexibility index (Phi) is 5.60. The average molecular weight is 318 g/mol. The predicted octanol–water partition coefficient (Wildman–Crippen LogP) is 1.96. The second-order valence-corrected chi connectivity index (χ2v) is 5.73.